The van der Waals surface area contributed by atoms with Gasteiger partial charge in [0.2, 0.25) is 5.91 Å². The standard InChI is InChI=1S/C21H30N2O4/c1-14(2)11-18(24)23-17-8-7-16(12-15(17)3)19(25)22-13-21(20(26)27)9-5-4-6-10-21/h7-8,12,14H,4-6,9-11,13H2,1-3H3,(H,22,25)(H,23,24)(H,26,27). The molecule has 1 saturated carbocycles. The van der Waals surface area contributed by atoms with E-state index >= 15 is 0 Å². The molecule has 0 heterocycles. The Balaban J connectivity index is 2.01. The molecule has 0 spiro atoms. The fraction of sp³-hybridized carbons (Fsp3) is 0.571. The largest absolute Gasteiger partial charge is 0.481 e. The van der Waals surface area contributed by atoms with Crippen LogP contribution in [0.3, 0.4) is 0 Å². The van der Waals surface area contributed by atoms with Crippen molar-refractivity contribution >= 4 is 23.5 Å². The minimum atomic E-state index is -0.853. The fourth-order valence-corrected chi connectivity index (χ4v) is 3.56. The molecular weight excluding hydrogens is 344 g/mol. The fourth-order valence-electron chi connectivity index (χ4n) is 3.56. The Morgan fingerprint density at radius 2 is 1.81 bits per heavy atom. The summed E-state index contributed by atoms with van der Waals surface area (Å²) in [5, 5.41) is 15.3. The van der Waals surface area contributed by atoms with E-state index in [2.05, 4.69) is 10.6 Å². The van der Waals surface area contributed by atoms with Crippen molar-refractivity contribution in [3.63, 3.8) is 0 Å². The molecule has 3 N–H and O–H groups in total. The molecule has 0 aromatic heterocycles. The Hall–Kier alpha value is -2.37. The van der Waals surface area contributed by atoms with E-state index in [0.29, 0.717) is 30.5 Å². The van der Waals surface area contributed by atoms with E-state index in [1.54, 1.807) is 18.2 Å². The summed E-state index contributed by atoms with van der Waals surface area (Å²) in [6, 6.07) is 5.09. The summed E-state index contributed by atoms with van der Waals surface area (Å²) in [6.45, 7) is 5.95. The number of nitrogens with one attached hydrogen (secondary N) is 2. The summed E-state index contributed by atoms with van der Waals surface area (Å²) in [4.78, 5) is 36.1. The topological polar surface area (TPSA) is 95.5 Å². The molecule has 1 aliphatic rings. The molecule has 0 unspecified atom stereocenters. The number of hydrogen-bond acceptors (Lipinski definition) is 3. The first-order chi connectivity index (χ1) is 12.7. The molecule has 1 aromatic rings. The van der Waals surface area contributed by atoms with Crippen LogP contribution in [0.25, 0.3) is 0 Å². The average molecular weight is 374 g/mol. The van der Waals surface area contributed by atoms with Crippen molar-refractivity contribution in [3.8, 4) is 0 Å². The molecule has 0 saturated heterocycles. The lowest BCUT2D eigenvalue weighted by atomic mass is 9.74. The van der Waals surface area contributed by atoms with Crippen LogP contribution < -0.4 is 10.6 Å². The van der Waals surface area contributed by atoms with Gasteiger partial charge in [0.15, 0.2) is 0 Å². The van der Waals surface area contributed by atoms with E-state index in [1.165, 1.54) is 0 Å². The molecule has 0 atom stereocenters. The number of carbonyl (C=O) groups is 3. The maximum atomic E-state index is 12.5. The quantitative estimate of drug-likeness (QED) is 0.677. The molecule has 27 heavy (non-hydrogen) atoms. The highest BCUT2D eigenvalue weighted by Gasteiger charge is 2.39. The van der Waals surface area contributed by atoms with Gasteiger partial charge in [0, 0.05) is 24.2 Å². The van der Waals surface area contributed by atoms with Crippen LogP contribution in [0, 0.1) is 18.3 Å². The van der Waals surface area contributed by atoms with E-state index in [-0.39, 0.29) is 24.3 Å². The van der Waals surface area contributed by atoms with Crippen molar-refractivity contribution in [1.29, 1.82) is 0 Å². The Kier molecular flexibility index (Phi) is 6.99. The Labute approximate surface area is 160 Å². The van der Waals surface area contributed by atoms with Gasteiger partial charge in [0.25, 0.3) is 5.91 Å². The SMILES string of the molecule is Cc1cc(C(=O)NCC2(C(=O)O)CCCCC2)ccc1NC(=O)CC(C)C. The minimum Gasteiger partial charge on any atom is -0.481 e. The highest BCUT2D eigenvalue weighted by Crippen LogP contribution is 2.36. The minimum absolute atomic E-state index is 0.0500. The Morgan fingerprint density at radius 3 is 2.37 bits per heavy atom. The number of hydrogen-bond donors (Lipinski definition) is 3. The molecule has 6 nitrogen and oxygen atoms in total. The zero-order valence-corrected chi connectivity index (χ0v) is 16.4. The second-order valence-electron chi connectivity index (χ2n) is 8.00. The second kappa shape index (κ2) is 9.02. The Morgan fingerprint density at radius 1 is 1.15 bits per heavy atom. The van der Waals surface area contributed by atoms with Gasteiger partial charge in [-0.1, -0.05) is 33.1 Å². The van der Waals surface area contributed by atoms with Crippen molar-refractivity contribution in [2.75, 3.05) is 11.9 Å². The highest BCUT2D eigenvalue weighted by atomic mass is 16.4. The lowest BCUT2D eigenvalue weighted by Crippen LogP contribution is -2.44. The van der Waals surface area contributed by atoms with Crippen LogP contribution in [-0.4, -0.2) is 29.4 Å². The maximum absolute atomic E-state index is 12.5. The van der Waals surface area contributed by atoms with Crippen molar-refractivity contribution in [2.24, 2.45) is 11.3 Å². The Bertz CT molecular complexity index is 706. The molecule has 1 fully saturated rings. The van der Waals surface area contributed by atoms with Crippen molar-refractivity contribution in [3.05, 3.63) is 29.3 Å². The lowest BCUT2D eigenvalue weighted by molar-refractivity contribution is -0.150. The van der Waals surface area contributed by atoms with E-state index in [1.807, 2.05) is 20.8 Å². The molecule has 2 rings (SSSR count). The van der Waals surface area contributed by atoms with Crippen LogP contribution in [0.15, 0.2) is 18.2 Å². The van der Waals surface area contributed by atoms with E-state index in [9.17, 15) is 19.5 Å². The first kappa shape index (κ1) is 20.9. The molecule has 1 aliphatic carbocycles. The summed E-state index contributed by atoms with van der Waals surface area (Å²) in [7, 11) is 0. The van der Waals surface area contributed by atoms with Crippen LogP contribution in [0.5, 0.6) is 0 Å². The molecule has 0 aliphatic heterocycles. The summed E-state index contributed by atoms with van der Waals surface area (Å²) in [6.07, 6.45) is 4.45. The van der Waals surface area contributed by atoms with Crippen LogP contribution in [0.4, 0.5) is 5.69 Å². The number of carboxylic acid groups (broad SMARTS) is 1. The number of aryl methyl sites for hydroxylation is 1. The smallest absolute Gasteiger partial charge is 0.311 e. The third-order valence-corrected chi connectivity index (χ3v) is 5.21. The first-order valence-corrected chi connectivity index (χ1v) is 9.65. The number of aliphatic carboxylic acids is 1. The molecular formula is C21H30N2O4. The molecule has 148 valence electrons. The van der Waals surface area contributed by atoms with Gasteiger partial charge in [0.1, 0.15) is 0 Å². The van der Waals surface area contributed by atoms with E-state index in [4.69, 9.17) is 0 Å². The normalized spacial score (nSPS) is 16.0. The third kappa shape index (κ3) is 5.55. The molecule has 2 amide bonds. The summed E-state index contributed by atoms with van der Waals surface area (Å²) in [5.41, 5.74) is 1.09. The third-order valence-electron chi connectivity index (χ3n) is 5.21. The molecule has 6 heteroatoms. The van der Waals surface area contributed by atoms with Gasteiger partial charge in [-0.25, -0.2) is 0 Å². The number of carboxylic acids is 1. The lowest BCUT2D eigenvalue weighted by Gasteiger charge is -2.33. The number of carbonyl (C=O) groups excluding carboxylic acids is 2. The van der Waals surface area contributed by atoms with Crippen LogP contribution in [-0.2, 0) is 9.59 Å². The van der Waals surface area contributed by atoms with Gasteiger partial charge in [-0.15, -0.1) is 0 Å². The van der Waals surface area contributed by atoms with Crippen molar-refractivity contribution < 1.29 is 19.5 Å². The zero-order chi connectivity index (χ0) is 20.0. The zero-order valence-electron chi connectivity index (χ0n) is 16.4. The number of rotatable bonds is 7. The number of anilines is 1. The predicted molar refractivity (Wildman–Crippen MR) is 105 cm³/mol. The van der Waals surface area contributed by atoms with E-state index < -0.39 is 11.4 Å². The summed E-state index contributed by atoms with van der Waals surface area (Å²) in [5.74, 6) is -0.894. The van der Waals surface area contributed by atoms with Crippen LogP contribution >= 0.6 is 0 Å². The second-order valence-corrected chi connectivity index (χ2v) is 8.00. The number of benzene rings is 1. The van der Waals surface area contributed by atoms with Gasteiger partial charge >= 0.3 is 5.97 Å². The average Bonchev–Trinajstić information content (AvgIpc) is 2.61. The predicted octanol–water partition coefficient (Wildman–Crippen LogP) is 3.74. The molecule has 0 bridgehead atoms. The number of amides is 2. The van der Waals surface area contributed by atoms with Crippen LogP contribution in [0.1, 0.15) is 68.3 Å². The van der Waals surface area contributed by atoms with Crippen molar-refractivity contribution in [2.45, 2.75) is 59.3 Å². The van der Waals surface area contributed by atoms with Crippen LogP contribution in [0.2, 0.25) is 0 Å². The molecule has 1 aromatic carbocycles. The van der Waals surface area contributed by atoms with Gasteiger partial charge in [-0.05, 0) is 49.4 Å². The summed E-state index contributed by atoms with van der Waals surface area (Å²) < 4.78 is 0. The first-order valence-electron chi connectivity index (χ1n) is 9.65. The highest BCUT2D eigenvalue weighted by molar-refractivity contribution is 5.96. The monoisotopic (exact) mass is 374 g/mol. The van der Waals surface area contributed by atoms with E-state index in [0.717, 1.165) is 24.8 Å². The van der Waals surface area contributed by atoms with Gasteiger partial charge in [-0.2, -0.15) is 0 Å². The molecule has 0 radical (unpaired) electrons. The summed E-state index contributed by atoms with van der Waals surface area (Å²) >= 11 is 0. The maximum Gasteiger partial charge on any atom is 0.311 e. The van der Waals surface area contributed by atoms with Gasteiger partial charge < -0.3 is 15.7 Å². The van der Waals surface area contributed by atoms with Crippen molar-refractivity contribution in [1.82, 2.24) is 5.32 Å². The van der Waals surface area contributed by atoms with Gasteiger partial charge in [-0.3, -0.25) is 14.4 Å². The van der Waals surface area contributed by atoms with Gasteiger partial charge in [0.05, 0.1) is 5.41 Å².